The van der Waals surface area contributed by atoms with E-state index in [1.807, 2.05) is 11.0 Å². The Morgan fingerprint density at radius 3 is 3.28 bits per heavy atom. The Hall–Kier alpha value is -2.13. The number of morpholine rings is 1. The standard InChI is InChI=1S/C12H14N4O2/c1-14-12(17)11-8-18-6-5-16(11)10-3-2-4-15-9(10)7-13/h2-4,11H,5-6,8H2,1H3,(H,14,17). The lowest BCUT2D eigenvalue weighted by Gasteiger charge is -2.36. The van der Waals surface area contributed by atoms with E-state index in [9.17, 15) is 4.79 Å². The molecule has 0 bridgehead atoms. The number of amides is 1. The van der Waals surface area contributed by atoms with E-state index >= 15 is 0 Å². The third-order valence-corrected chi connectivity index (χ3v) is 2.88. The smallest absolute Gasteiger partial charge is 0.244 e. The monoisotopic (exact) mass is 246 g/mol. The highest BCUT2D eigenvalue weighted by Gasteiger charge is 2.30. The number of hydrogen-bond donors (Lipinski definition) is 1. The Bertz CT molecular complexity index is 483. The van der Waals surface area contributed by atoms with E-state index in [-0.39, 0.29) is 5.91 Å². The second kappa shape index (κ2) is 5.47. The van der Waals surface area contributed by atoms with Crippen molar-refractivity contribution in [2.45, 2.75) is 6.04 Å². The molecule has 1 aromatic heterocycles. The first-order valence-electron chi connectivity index (χ1n) is 5.69. The predicted octanol–water partition coefficient (Wildman–Crippen LogP) is -0.0955. The highest BCUT2D eigenvalue weighted by Crippen LogP contribution is 2.22. The summed E-state index contributed by atoms with van der Waals surface area (Å²) < 4.78 is 5.32. The minimum absolute atomic E-state index is 0.123. The zero-order chi connectivity index (χ0) is 13.0. The highest BCUT2D eigenvalue weighted by atomic mass is 16.5. The molecule has 0 saturated carbocycles. The van der Waals surface area contributed by atoms with Gasteiger partial charge in [0.2, 0.25) is 5.91 Å². The lowest BCUT2D eigenvalue weighted by molar-refractivity contribution is -0.124. The molecule has 1 aliphatic rings. The van der Waals surface area contributed by atoms with Crippen LogP contribution in [0.15, 0.2) is 18.3 Å². The van der Waals surface area contributed by atoms with Crippen molar-refractivity contribution in [2.75, 3.05) is 31.7 Å². The molecule has 2 heterocycles. The maximum absolute atomic E-state index is 11.8. The molecule has 1 amide bonds. The van der Waals surface area contributed by atoms with Gasteiger partial charge in [0.1, 0.15) is 12.1 Å². The van der Waals surface area contributed by atoms with Crippen LogP contribution in [0.2, 0.25) is 0 Å². The fraction of sp³-hybridized carbons (Fsp3) is 0.417. The fourth-order valence-corrected chi connectivity index (χ4v) is 1.99. The molecule has 0 aromatic carbocycles. The number of nitrogens with one attached hydrogen (secondary N) is 1. The largest absolute Gasteiger partial charge is 0.377 e. The minimum atomic E-state index is -0.417. The number of carbonyl (C=O) groups is 1. The predicted molar refractivity (Wildman–Crippen MR) is 65.0 cm³/mol. The molecule has 1 N–H and O–H groups in total. The number of likely N-dealkylation sites (N-methyl/N-ethyl adjacent to an activating group) is 1. The van der Waals surface area contributed by atoms with Gasteiger partial charge in [-0.3, -0.25) is 4.79 Å². The summed E-state index contributed by atoms with van der Waals surface area (Å²) in [4.78, 5) is 17.7. The van der Waals surface area contributed by atoms with Gasteiger partial charge in [-0.05, 0) is 12.1 Å². The Balaban J connectivity index is 2.34. The van der Waals surface area contributed by atoms with Crippen LogP contribution in [-0.2, 0) is 9.53 Å². The number of carbonyl (C=O) groups excluding carboxylic acids is 1. The van der Waals surface area contributed by atoms with Crippen LogP contribution in [0.5, 0.6) is 0 Å². The van der Waals surface area contributed by atoms with E-state index < -0.39 is 6.04 Å². The number of pyridine rings is 1. The molecular formula is C12H14N4O2. The molecule has 2 rings (SSSR count). The van der Waals surface area contributed by atoms with Crippen molar-refractivity contribution in [3.8, 4) is 6.07 Å². The molecule has 1 aliphatic heterocycles. The van der Waals surface area contributed by atoms with E-state index in [2.05, 4.69) is 10.3 Å². The van der Waals surface area contributed by atoms with E-state index in [4.69, 9.17) is 10.00 Å². The Labute approximate surface area is 105 Å². The molecule has 1 saturated heterocycles. The van der Waals surface area contributed by atoms with Crippen LogP contribution in [0.25, 0.3) is 0 Å². The van der Waals surface area contributed by atoms with Gasteiger partial charge < -0.3 is 15.0 Å². The van der Waals surface area contributed by atoms with Crippen molar-refractivity contribution in [1.29, 1.82) is 5.26 Å². The molecule has 18 heavy (non-hydrogen) atoms. The number of nitriles is 1. The van der Waals surface area contributed by atoms with Crippen LogP contribution in [-0.4, -0.2) is 43.7 Å². The van der Waals surface area contributed by atoms with Crippen LogP contribution in [0.1, 0.15) is 5.69 Å². The maximum atomic E-state index is 11.8. The molecule has 94 valence electrons. The zero-order valence-electron chi connectivity index (χ0n) is 10.1. The normalized spacial score (nSPS) is 19.1. The van der Waals surface area contributed by atoms with Gasteiger partial charge in [-0.15, -0.1) is 0 Å². The van der Waals surface area contributed by atoms with Crippen molar-refractivity contribution >= 4 is 11.6 Å². The first kappa shape index (κ1) is 12.3. The summed E-state index contributed by atoms with van der Waals surface area (Å²) in [7, 11) is 1.59. The summed E-state index contributed by atoms with van der Waals surface area (Å²) in [6, 6.07) is 5.18. The SMILES string of the molecule is CNC(=O)C1COCCN1c1cccnc1C#N. The van der Waals surface area contributed by atoms with Crippen molar-refractivity contribution in [2.24, 2.45) is 0 Å². The topological polar surface area (TPSA) is 78.2 Å². The summed E-state index contributed by atoms with van der Waals surface area (Å²) >= 11 is 0. The Morgan fingerprint density at radius 2 is 2.56 bits per heavy atom. The van der Waals surface area contributed by atoms with Gasteiger partial charge in [-0.2, -0.15) is 5.26 Å². The minimum Gasteiger partial charge on any atom is -0.377 e. The van der Waals surface area contributed by atoms with Gasteiger partial charge in [0.05, 0.1) is 18.9 Å². The second-order valence-corrected chi connectivity index (χ2v) is 3.88. The summed E-state index contributed by atoms with van der Waals surface area (Å²) in [5.74, 6) is -0.123. The number of nitrogens with zero attached hydrogens (tertiary/aromatic N) is 3. The van der Waals surface area contributed by atoms with E-state index in [0.717, 1.165) is 0 Å². The molecule has 1 atom stereocenters. The Kier molecular flexibility index (Phi) is 3.75. The van der Waals surface area contributed by atoms with E-state index in [1.54, 1.807) is 25.4 Å². The fourth-order valence-electron chi connectivity index (χ4n) is 1.99. The molecule has 6 nitrogen and oxygen atoms in total. The van der Waals surface area contributed by atoms with Gasteiger partial charge in [0, 0.05) is 19.8 Å². The van der Waals surface area contributed by atoms with Gasteiger partial charge in [0.15, 0.2) is 5.69 Å². The molecule has 1 fully saturated rings. The van der Waals surface area contributed by atoms with E-state index in [0.29, 0.717) is 31.1 Å². The first-order chi connectivity index (χ1) is 8.77. The quantitative estimate of drug-likeness (QED) is 0.788. The number of hydrogen-bond acceptors (Lipinski definition) is 5. The van der Waals surface area contributed by atoms with Crippen molar-refractivity contribution in [3.05, 3.63) is 24.0 Å². The van der Waals surface area contributed by atoms with Crippen molar-refractivity contribution in [1.82, 2.24) is 10.3 Å². The third-order valence-electron chi connectivity index (χ3n) is 2.88. The summed E-state index contributed by atoms with van der Waals surface area (Å²) in [5, 5.41) is 11.7. The lowest BCUT2D eigenvalue weighted by Crippen LogP contribution is -2.53. The molecule has 0 radical (unpaired) electrons. The van der Waals surface area contributed by atoms with Gasteiger partial charge in [0.25, 0.3) is 0 Å². The van der Waals surface area contributed by atoms with Gasteiger partial charge in [-0.25, -0.2) is 4.98 Å². The average Bonchev–Trinajstić information content (AvgIpc) is 2.46. The number of aromatic nitrogens is 1. The van der Waals surface area contributed by atoms with Crippen molar-refractivity contribution < 1.29 is 9.53 Å². The first-order valence-corrected chi connectivity index (χ1v) is 5.69. The van der Waals surface area contributed by atoms with Gasteiger partial charge >= 0.3 is 0 Å². The molecule has 1 aromatic rings. The molecule has 0 aliphatic carbocycles. The number of rotatable bonds is 2. The average molecular weight is 246 g/mol. The van der Waals surface area contributed by atoms with Crippen LogP contribution < -0.4 is 10.2 Å². The van der Waals surface area contributed by atoms with Gasteiger partial charge in [-0.1, -0.05) is 0 Å². The van der Waals surface area contributed by atoms with E-state index in [1.165, 1.54) is 0 Å². The highest BCUT2D eigenvalue weighted by molar-refractivity contribution is 5.85. The number of anilines is 1. The second-order valence-electron chi connectivity index (χ2n) is 3.88. The van der Waals surface area contributed by atoms with Crippen molar-refractivity contribution in [3.63, 3.8) is 0 Å². The third kappa shape index (κ3) is 2.26. The summed E-state index contributed by atoms with van der Waals surface area (Å²) in [6.45, 7) is 1.42. The van der Waals surface area contributed by atoms with Crippen LogP contribution in [0.3, 0.4) is 0 Å². The lowest BCUT2D eigenvalue weighted by atomic mass is 10.1. The number of ether oxygens (including phenoxy) is 1. The van der Waals surface area contributed by atoms with Crippen LogP contribution in [0, 0.1) is 11.3 Å². The molecule has 6 heteroatoms. The summed E-state index contributed by atoms with van der Waals surface area (Å²) in [6.07, 6.45) is 1.57. The van der Waals surface area contributed by atoms with Crippen LogP contribution >= 0.6 is 0 Å². The molecule has 1 unspecified atom stereocenters. The summed E-state index contributed by atoms with van der Waals surface area (Å²) in [5.41, 5.74) is 1.00. The van der Waals surface area contributed by atoms with Crippen LogP contribution in [0.4, 0.5) is 5.69 Å². The molecular weight excluding hydrogens is 232 g/mol. The molecule has 0 spiro atoms. The Morgan fingerprint density at radius 1 is 1.72 bits per heavy atom. The zero-order valence-corrected chi connectivity index (χ0v) is 10.1. The maximum Gasteiger partial charge on any atom is 0.244 e.